The fourth-order valence-corrected chi connectivity index (χ4v) is 3.13. The van der Waals surface area contributed by atoms with Crippen molar-refractivity contribution in [2.75, 3.05) is 20.6 Å². The highest BCUT2D eigenvalue weighted by atomic mass is 32.2. The summed E-state index contributed by atoms with van der Waals surface area (Å²) in [5.41, 5.74) is 0.416. The summed E-state index contributed by atoms with van der Waals surface area (Å²) in [6.45, 7) is 0.537. The van der Waals surface area contributed by atoms with Crippen molar-refractivity contribution in [1.29, 1.82) is 0 Å². The molecular formula is C17H26N2O5S. The van der Waals surface area contributed by atoms with Gasteiger partial charge in [-0.05, 0) is 37.1 Å². The first kappa shape index (κ1) is 21.1. The number of nitrogens with one attached hydrogen (secondary N) is 1. The van der Waals surface area contributed by atoms with Gasteiger partial charge in [0, 0.05) is 32.6 Å². The summed E-state index contributed by atoms with van der Waals surface area (Å²) in [5, 5.41) is 11.3. The quantitative estimate of drug-likeness (QED) is 0.581. The summed E-state index contributed by atoms with van der Waals surface area (Å²) in [4.78, 5) is 22.5. The Kier molecular flexibility index (Phi) is 8.57. The van der Waals surface area contributed by atoms with E-state index < -0.39 is 16.0 Å². The molecule has 0 spiro atoms. The number of sulfonamides is 1. The predicted molar refractivity (Wildman–Crippen MR) is 95.0 cm³/mol. The second kappa shape index (κ2) is 10.1. The molecule has 1 aromatic carbocycles. The molecule has 0 aliphatic rings. The number of carbonyl (C=O) groups excluding carboxylic acids is 1. The topological polar surface area (TPSA) is 104 Å². The van der Waals surface area contributed by atoms with Crippen LogP contribution in [0, 0.1) is 0 Å². The molecular weight excluding hydrogens is 344 g/mol. The molecule has 0 radical (unpaired) electrons. The highest BCUT2D eigenvalue weighted by Gasteiger charge is 2.17. The van der Waals surface area contributed by atoms with Gasteiger partial charge in [0.05, 0.1) is 4.90 Å². The van der Waals surface area contributed by atoms with Crippen molar-refractivity contribution in [1.82, 2.24) is 9.62 Å². The third-order valence-electron chi connectivity index (χ3n) is 3.75. The molecule has 2 N–H and O–H groups in total. The normalized spacial score (nSPS) is 11.5. The number of aliphatic carboxylic acids is 1. The van der Waals surface area contributed by atoms with E-state index in [2.05, 4.69) is 5.32 Å². The van der Waals surface area contributed by atoms with Crippen molar-refractivity contribution in [3.63, 3.8) is 0 Å². The first-order valence-corrected chi connectivity index (χ1v) is 9.71. The van der Waals surface area contributed by atoms with E-state index in [-0.39, 0.29) is 17.2 Å². The third-order valence-corrected chi connectivity index (χ3v) is 5.58. The van der Waals surface area contributed by atoms with Gasteiger partial charge in [0.25, 0.3) is 5.91 Å². The molecule has 0 aliphatic heterocycles. The van der Waals surface area contributed by atoms with Gasteiger partial charge in [-0.25, -0.2) is 12.7 Å². The predicted octanol–water partition coefficient (Wildman–Crippen LogP) is 2.09. The molecule has 0 saturated heterocycles. The number of hydrogen-bond acceptors (Lipinski definition) is 4. The van der Waals surface area contributed by atoms with Gasteiger partial charge >= 0.3 is 5.97 Å². The molecule has 1 rings (SSSR count). The first-order valence-electron chi connectivity index (χ1n) is 8.27. The van der Waals surface area contributed by atoms with Crippen LogP contribution < -0.4 is 5.32 Å². The highest BCUT2D eigenvalue weighted by molar-refractivity contribution is 7.89. The summed E-state index contributed by atoms with van der Waals surface area (Å²) in [6, 6.07) is 5.84. The largest absolute Gasteiger partial charge is 0.481 e. The van der Waals surface area contributed by atoms with Crippen LogP contribution in [0.2, 0.25) is 0 Å². The smallest absolute Gasteiger partial charge is 0.303 e. The van der Waals surface area contributed by atoms with Crippen LogP contribution in [0.4, 0.5) is 0 Å². The van der Waals surface area contributed by atoms with E-state index in [9.17, 15) is 18.0 Å². The van der Waals surface area contributed by atoms with Gasteiger partial charge in [0.15, 0.2) is 0 Å². The number of hydrogen-bond donors (Lipinski definition) is 2. The second-order valence-electron chi connectivity index (χ2n) is 5.98. The zero-order valence-electron chi connectivity index (χ0n) is 14.7. The van der Waals surface area contributed by atoms with Gasteiger partial charge in [0.2, 0.25) is 10.0 Å². The molecule has 25 heavy (non-hydrogen) atoms. The number of unbranched alkanes of at least 4 members (excludes halogenated alkanes) is 4. The number of nitrogens with zero attached hydrogens (tertiary/aromatic N) is 1. The minimum Gasteiger partial charge on any atom is -0.481 e. The molecule has 0 bridgehead atoms. The molecule has 140 valence electrons. The summed E-state index contributed by atoms with van der Waals surface area (Å²) in [6.07, 6.45) is 4.47. The second-order valence-corrected chi connectivity index (χ2v) is 8.13. The molecule has 0 aromatic heterocycles. The Hall–Kier alpha value is -1.93. The Labute approximate surface area is 149 Å². The van der Waals surface area contributed by atoms with Crippen LogP contribution in [0.3, 0.4) is 0 Å². The molecule has 0 fully saturated rings. The van der Waals surface area contributed by atoms with E-state index in [0.29, 0.717) is 18.5 Å². The van der Waals surface area contributed by atoms with Crippen molar-refractivity contribution < 1.29 is 23.1 Å². The van der Waals surface area contributed by atoms with Gasteiger partial charge in [-0.1, -0.05) is 19.3 Å². The molecule has 7 nitrogen and oxygen atoms in total. The van der Waals surface area contributed by atoms with E-state index in [4.69, 9.17) is 5.11 Å². The van der Waals surface area contributed by atoms with E-state index in [0.717, 1.165) is 30.0 Å². The van der Waals surface area contributed by atoms with Crippen LogP contribution in [0.1, 0.15) is 48.9 Å². The standard InChI is InChI=1S/C17H26N2O5S/c1-19(2)25(23,24)15-11-9-14(10-12-15)17(22)18-13-7-5-3-4-6-8-16(20)21/h9-12H,3-8,13H2,1-2H3,(H,18,22)(H,20,21). The minimum absolute atomic E-state index is 0.149. The van der Waals surface area contributed by atoms with Gasteiger partial charge in [-0.3, -0.25) is 9.59 Å². The molecule has 1 aromatic rings. The van der Waals surface area contributed by atoms with Crippen molar-refractivity contribution in [2.45, 2.75) is 43.4 Å². The van der Waals surface area contributed by atoms with Gasteiger partial charge < -0.3 is 10.4 Å². The molecule has 0 unspecified atom stereocenters. The SMILES string of the molecule is CN(C)S(=O)(=O)c1ccc(C(=O)NCCCCCCCC(=O)O)cc1. The molecule has 0 aliphatic carbocycles. The zero-order chi connectivity index (χ0) is 18.9. The molecule has 8 heteroatoms. The summed E-state index contributed by atoms with van der Waals surface area (Å²) >= 11 is 0. The van der Waals surface area contributed by atoms with Gasteiger partial charge in [-0.15, -0.1) is 0 Å². The Bertz CT molecular complexity index is 669. The summed E-state index contributed by atoms with van der Waals surface area (Å²) < 4.78 is 25.0. The van der Waals surface area contributed by atoms with Crippen LogP contribution in [0.5, 0.6) is 0 Å². The Morgan fingerprint density at radius 2 is 1.56 bits per heavy atom. The molecule has 0 saturated carbocycles. The molecule has 0 heterocycles. The number of carboxylic acid groups (broad SMARTS) is 1. The van der Waals surface area contributed by atoms with E-state index >= 15 is 0 Å². The van der Waals surface area contributed by atoms with E-state index in [1.54, 1.807) is 0 Å². The lowest BCUT2D eigenvalue weighted by atomic mass is 10.1. The fraction of sp³-hybridized carbons (Fsp3) is 0.529. The zero-order valence-corrected chi connectivity index (χ0v) is 15.5. The first-order chi connectivity index (χ1) is 11.7. The van der Waals surface area contributed by atoms with Crippen LogP contribution >= 0.6 is 0 Å². The fourth-order valence-electron chi connectivity index (χ4n) is 2.22. The maximum Gasteiger partial charge on any atom is 0.303 e. The van der Waals surface area contributed by atoms with Crippen LogP contribution in [-0.4, -0.2) is 50.3 Å². The number of carbonyl (C=O) groups is 2. The number of benzene rings is 1. The summed E-state index contributed by atoms with van der Waals surface area (Å²) in [7, 11) is -0.580. The van der Waals surface area contributed by atoms with Crippen LogP contribution in [0.25, 0.3) is 0 Å². The van der Waals surface area contributed by atoms with Gasteiger partial charge in [-0.2, -0.15) is 0 Å². The van der Waals surface area contributed by atoms with E-state index in [1.165, 1.54) is 38.4 Å². The lowest BCUT2D eigenvalue weighted by molar-refractivity contribution is -0.137. The highest BCUT2D eigenvalue weighted by Crippen LogP contribution is 2.14. The number of amides is 1. The Morgan fingerprint density at radius 3 is 2.12 bits per heavy atom. The van der Waals surface area contributed by atoms with Crippen molar-refractivity contribution >= 4 is 21.9 Å². The van der Waals surface area contributed by atoms with E-state index in [1.807, 2.05) is 0 Å². The van der Waals surface area contributed by atoms with Crippen LogP contribution in [-0.2, 0) is 14.8 Å². The lowest BCUT2D eigenvalue weighted by Gasteiger charge is -2.11. The van der Waals surface area contributed by atoms with Gasteiger partial charge in [0.1, 0.15) is 0 Å². The average molecular weight is 370 g/mol. The summed E-state index contributed by atoms with van der Waals surface area (Å²) in [5.74, 6) is -1.00. The Balaban J connectivity index is 2.33. The molecule has 1 amide bonds. The maximum atomic E-state index is 12.0. The third kappa shape index (κ3) is 7.23. The average Bonchev–Trinajstić information content (AvgIpc) is 2.56. The lowest BCUT2D eigenvalue weighted by Crippen LogP contribution is -2.25. The number of rotatable bonds is 11. The van der Waals surface area contributed by atoms with Crippen molar-refractivity contribution in [2.24, 2.45) is 0 Å². The minimum atomic E-state index is -3.49. The monoisotopic (exact) mass is 370 g/mol. The Morgan fingerprint density at radius 1 is 1.00 bits per heavy atom. The molecule has 0 atom stereocenters. The van der Waals surface area contributed by atoms with Crippen molar-refractivity contribution in [3.8, 4) is 0 Å². The number of carboxylic acids is 1. The van der Waals surface area contributed by atoms with Crippen LogP contribution in [0.15, 0.2) is 29.2 Å². The van der Waals surface area contributed by atoms with Crippen molar-refractivity contribution in [3.05, 3.63) is 29.8 Å². The maximum absolute atomic E-state index is 12.0.